The number of aryl methyl sites for hydroxylation is 1. The van der Waals surface area contributed by atoms with Crippen molar-refractivity contribution < 1.29 is 29.3 Å². The van der Waals surface area contributed by atoms with Crippen LogP contribution in [0.25, 0.3) is 5.76 Å². The van der Waals surface area contributed by atoms with Gasteiger partial charge in [0.2, 0.25) is 0 Å². The van der Waals surface area contributed by atoms with Crippen LogP contribution in [0.15, 0.2) is 83.9 Å². The minimum absolute atomic E-state index is 0.0759. The summed E-state index contributed by atoms with van der Waals surface area (Å²) in [5.74, 6) is -1.25. The predicted octanol–water partition coefficient (Wildman–Crippen LogP) is 5.76. The Morgan fingerprint density at radius 2 is 1.85 bits per heavy atom. The largest absolute Gasteiger partial charge is 0.507 e. The minimum atomic E-state index is -0.979. The number of aromatic hydroxyl groups is 1. The number of hydrogen-bond acceptors (Lipinski definition) is 8. The maximum atomic E-state index is 13.3. The molecule has 0 aliphatic carbocycles. The average molecular weight is 543 g/mol. The summed E-state index contributed by atoms with van der Waals surface area (Å²) in [6.07, 6.45) is 1.54. The molecule has 1 atom stereocenters. The average Bonchev–Trinajstić information content (AvgIpc) is 3.55. The van der Waals surface area contributed by atoms with E-state index in [1.165, 1.54) is 28.5 Å². The number of carbonyl (C=O) groups is 2. The molecule has 2 heterocycles. The Balaban J connectivity index is 1.52. The van der Waals surface area contributed by atoms with Crippen LogP contribution in [0.1, 0.15) is 35.2 Å². The van der Waals surface area contributed by atoms with Gasteiger partial charge < -0.3 is 19.7 Å². The van der Waals surface area contributed by atoms with E-state index in [9.17, 15) is 19.8 Å². The second-order valence-corrected chi connectivity index (χ2v) is 9.82. The normalized spacial score (nSPS) is 16.5. The zero-order valence-electron chi connectivity index (χ0n) is 21.3. The molecule has 0 radical (unpaired) electrons. The van der Waals surface area contributed by atoms with Gasteiger partial charge >= 0.3 is 5.91 Å². The van der Waals surface area contributed by atoms with Crippen molar-refractivity contribution in [2.45, 2.75) is 26.5 Å². The molecular weight excluding hydrogens is 516 g/mol. The molecule has 9 heteroatoms. The van der Waals surface area contributed by atoms with Crippen LogP contribution in [0.3, 0.4) is 0 Å². The molecule has 1 aromatic heterocycles. The Hall–Kier alpha value is -4.63. The van der Waals surface area contributed by atoms with Crippen molar-refractivity contribution in [3.8, 4) is 17.2 Å². The summed E-state index contributed by atoms with van der Waals surface area (Å²) >= 11 is 1.20. The molecule has 1 aliphatic rings. The van der Waals surface area contributed by atoms with Gasteiger partial charge in [-0.25, -0.2) is 4.98 Å². The van der Waals surface area contributed by atoms with E-state index in [-0.39, 0.29) is 22.8 Å². The number of hydrogen-bond donors (Lipinski definition) is 2. The summed E-state index contributed by atoms with van der Waals surface area (Å²) in [7, 11) is 0. The molecule has 0 unspecified atom stereocenters. The summed E-state index contributed by atoms with van der Waals surface area (Å²) < 4.78 is 11.4. The van der Waals surface area contributed by atoms with Crippen molar-refractivity contribution in [2.75, 3.05) is 11.5 Å². The number of phenolic OH excluding ortho intramolecular Hbond substituents is 1. The van der Waals surface area contributed by atoms with Crippen molar-refractivity contribution in [1.29, 1.82) is 0 Å². The Labute approximate surface area is 229 Å². The quantitative estimate of drug-likeness (QED) is 0.165. The van der Waals surface area contributed by atoms with E-state index < -0.39 is 17.7 Å². The van der Waals surface area contributed by atoms with E-state index in [1.807, 2.05) is 31.2 Å². The van der Waals surface area contributed by atoms with Crippen molar-refractivity contribution in [3.63, 3.8) is 0 Å². The van der Waals surface area contributed by atoms with Crippen molar-refractivity contribution >= 4 is 33.9 Å². The highest BCUT2D eigenvalue weighted by molar-refractivity contribution is 7.14. The van der Waals surface area contributed by atoms with E-state index in [0.29, 0.717) is 35.2 Å². The van der Waals surface area contributed by atoms with Crippen LogP contribution in [0.4, 0.5) is 5.13 Å². The van der Waals surface area contributed by atoms with Crippen LogP contribution >= 0.6 is 11.3 Å². The van der Waals surface area contributed by atoms with E-state index in [4.69, 9.17) is 9.47 Å². The summed E-state index contributed by atoms with van der Waals surface area (Å²) in [6, 6.07) is 18.3. The summed E-state index contributed by atoms with van der Waals surface area (Å²) in [4.78, 5) is 32.0. The number of aliphatic hydroxyl groups is 1. The summed E-state index contributed by atoms with van der Waals surface area (Å²) in [5, 5.41) is 23.6. The SMILES string of the molecule is CCOc1cc([C@@H]2C(=C(O)c3ccc(OCc4cccc(C)c4)cc3)C(=O)C(=O)N2c2nccs2)ccc1O. The third-order valence-corrected chi connectivity index (χ3v) is 7.06. The first kappa shape index (κ1) is 26.0. The molecule has 5 rings (SSSR count). The van der Waals surface area contributed by atoms with Crippen molar-refractivity contribution in [1.82, 2.24) is 4.98 Å². The zero-order valence-corrected chi connectivity index (χ0v) is 22.1. The Bertz CT molecular complexity index is 1550. The Morgan fingerprint density at radius 3 is 2.54 bits per heavy atom. The smallest absolute Gasteiger partial charge is 0.301 e. The van der Waals surface area contributed by atoms with Crippen LogP contribution in [0.5, 0.6) is 17.2 Å². The molecule has 1 saturated heterocycles. The number of ketones is 1. The third-order valence-electron chi connectivity index (χ3n) is 6.28. The molecule has 0 saturated carbocycles. The second kappa shape index (κ2) is 11.0. The fourth-order valence-electron chi connectivity index (χ4n) is 4.49. The maximum absolute atomic E-state index is 13.3. The molecular formula is C30H26N2O6S. The highest BCUT2D eigenvalue weighted by Gasteiger charge is 2.48. The Morgan fingerprint density at radius 1 is 1.05 bits per heavy atom. The van der Waals surface area contributed by atoms with Crippen LogP contribution in [0, 0.1) is 6.92 Å². The van der Waals surface area contributed by atoms with Crippen LogP contribution in [0.2, 0.25) is 0 Å². The monoisotopic (exact) mass is 542 g/mol. The molecule has 0 bridgehead atoms. The molecule has 4 aromatic rings. The molecule has 1 amide bonds. The van der Waals surface area contributed by atoms with Gasteiger partial charge in [-0.3, -0.25) is 14.5 Å². The van der Waals surface area contributed by atoms with Gasteiger partial charge in [0.25, 0.3) is 5.78 Å². The summed E-state index contributed by atoms with van der Waals surface area (Å²) in [5.41, 5.74) is 2.91. The number of Topliss-reactive ketones (excluding diaryl/α,β-unsaturated/α-hetero) is 1. The molecule has 198 valence electrons. The number of aromatic nitrogens is 1. The standard InChI is InChI=1S/C30H26N2O6S/c1-3-37-24-16-21(9-12-23(24)33)26-25(28(35)29(36)32(26)30-31-13-14-39-30)27(34)20-7-10-22(11-8-20)38-17-19-6-4-5-18(2)15-19/h4-16,26,33-34H,3,17H2,1-2H3/t26-/m1/s1. The molecule has 8 nitrogen and oxygen atoms in total. The number of aliphatic hydroxyl groups excluding tert-OH is 1. The molecule has 3 aromatic carbocycles. The molecule has 1 fully saturated rings. The van der Waals surface area contributed by atoms with Gasteiger partial charge in [-0.2, -0.15) is 0 Å². The predicted molar refractivity (Wildman–Crippen MR) is 148 cm³/mol. The fraction of sp³-hybridized carbons (Fsp3) is 0.167. The van der Waals surface area contributed by atoms with Crippen LogP contribution in [-0.4, -0.2) is 33.5 Å². The van der Waals surface area contributed by atoms with Gasteiger partial charge in [-0.1, -0.05) is 35.9 Å². The minimum Gasteiger partial charge on any atom is -0.507 e. The molecule has 1 aliphatic heterocycles. The maximum Gasteiger partial charge on any atom is 0.301 e. The number of amides is 1. The highest BCUT2D eigenvalue weighted by atomic mass is 32.1. The molecule has 0 spiro atoms. The number of rotatable bonds is 8. The number of nitrogens with zero attached hydrogens (tertiary/aromatic N) is 2. The van der Waals surface area contributed by atoms with Crippen LogP contribution < -0.4 is 14.4 Å². The number of anilines is 1. The van der Waals surface area contributed by atoms with Gasteiger partial charge in [-0.05, 0) is 61.4 Å². The second-order valence-electron chi connectivity index (χ2n) is 8.95. The van der Waals surface area contributed by atoms with E-state index in [2.05, 4.69) is 4.98 Å². The zero-order chi connectivity index (χ0) is 27.5. The number of carbonyl (C=O) groups excluding carboxylic acids is 2. The van der Waals surface area contributed by atoms with Gasteiger partial charge in [-0.15, -0.1) is 11.3 Å². The van der Waals surface area contributed by atoms with Crippen molar-refractivity contribution in [3.05, 3.63) is 106 Å². The van der Waals surface area contributed by atoms with Crippen LogP contribution in [-0.2, 0) is 16.2 Å². The third kappa shape index (κ3) is 5.21. The summed E-state index contributed by atoms with van der Waals surface area (Å²) in [6.45, 7) is 4.49. The van der Waals surface area contributed by atoms with E-state index in [1.54, 1.807) is 48.7 Å². The number of thiazole rings is 1. The Kier molecular flexibility index (Phi) is 7.33. The topological polar surface area (TPSA) is 109 Å². The van der Waals surface area contributed by atoms with Gasteiger partial charge in [0.1, 0.15) is 18.1 Å². The first-order chi connectivity index (χ1) is 18.9. The van der Waals surface area contributed by atoms with Crippen molar-refractivity contribution in [2.24, 2.45) is 0 Å². The van der Waals surface area contributed by atoms with Gasteiger partial charge in [0.05, 0.1) is 18.2 Å². The first-order valence-corrected chi connectivity index (χ1v) is 13.2. The number of phenols is 1. The van der Waals surface area contributed by atoms with E-state index in [0.717, 1.165) is 11.1 Å². The van der Waals surface area contributed by atoms with E-state index >= 15 is 0 Å². The highest BCUT2D eigenvalue weighted by Crippen LogP contribution is 2.44. The lowest BCUT2D eigenvalue weighted by Crippen LogP contribution is -2.29. The lowest BCUT2D eigenvalue weighted by Gasteiger charge is -2.23. The first-order valence-electron chi connectivity index (χ1n) is 12.3. The number of benzene rings is 3. The lowest BCUT2D eigenvalue weighted by molar-refractivity contribution is -0.132. The number of ether oxygens (including phenoxy) is 2. The lowest BCUT2D eigenvalue weighted by atomic mass is 9.95. The fourth-order valence-corrected chi connectivity index (χ4v) is 5.15. The van der Waals surface area contributed by atoms with Gasteiger partial charge in [0.15, 0.2) is 16.6 Å². The molecule has 2 N–H and O–H groups in total. The molecule has 39 heavy (non-hydrogen) atoms. The van der Waals surface area contributed by atoms with Gasteiger partial charge in [0, 0.05) is 17.1 Å².